The van der Waals surface area contributed by atoms with Gasteiger partial charge in [0.1, 0.15) is 5.82 Å². The molecule has 0 saturated heterocycles. The Morgan fingerprint density at radius 3 is 3.17 bits per heavy atom. The molecule has 2 nitrogen and oxygen atoms in total. The van der Waals surface area contributed by atoms with Gasteiger partial charge in [-0.15, -0.1) is 0 Å². The summed E-state index contributed by atoms with van der Waals surface area (Å²) in [6.45, 7) is 3.11. The molecule has 0 fully saturated rings. The van der Waals surface area contributed by atoms with Crippen molar-refractivity contribution in [3.63, 3.8) is 0 Å². The highest BCUT2D eigenvalue weighted by atomic mass is 15.0. The first-order chi connectivity index (χ1) is 5.86. The van der Waals surface area contributed by atoms with Gasteiger partial charge in [0.15, 0.2) is 0 Å². The molecule has 2 heterocycles. The highest BCUT2D eigenvalue weighted by Gasteiger charge is 2.07. The Morgan fingerprint density at radius 2 is 2.25 bits per heavy atom. The summed E-state index contributed by atoms with van der Waals surface area (Å²) in [5.41, 5.74) is 2.47. The van der Waals surface area contributed by atoms with Crippen molar-refractivity contribution in [3.05, 3.63) is 23.4 Å². The maximum absolute atomic E-state index is 4.46. The fourth-order valence-electron chi connectivity index (χ4n) is 1.59. The van der Waals surface area contributed by atoms with Crippen molar-refractivity contribution in [3.8, 4) is 0 Å². The van der Waals surface area contributed by atoms with Gasteiger partial charge >= 0.3 is 0 Å². The van der Waals surface area contributed by atoms with Crippen LogP contribution >= 0.6 is 0 Å². The third-order valence-corrected chi connectivity index (χ3v) is 2.28. The first-order valence-corrected chi connectivity index (χ1v) is 4.57. The molecule has 0 spiro atoms. The summed E-state index contributed by atoms with van der Waals surface area (Å²) in [4.78, 5) is 4.46. The van der Waals surface area contributed by atoms with Crippen LogP contribution in [-0.2, 0) is 6.42 Å². The van der Waals surface area contributed by atoms with E-state index in [1.165, 1.54) is 24.8 Å². The minimum absolute atomic E-state index is 1.07. The molecule has 12 heavy (non-hydrogen) atoms. The maximum atomic E-state index is 4.46. The van der Waals surface area contributed by atoms with Crippen LogP contribution in [-0.4, -0.2) is 11.5 Å². The summed E-state index contributed by atoms with van der Waals surface area (Å²) in [6.07, 6.45) is 3.72. The molecule has 1 aromatic rings. The zero-order chi connectivity index (χ0) is 8.39. The van der Waals surface area contributed by atoms with Crippen molar-refractivity contribution in [1.82, 2.24) is 4.98 Å². The lowest BCUT2D eigenvalue weighted by atomic mass is 10.1. The lowest BCUT2D eigenvalue weighted by molar-refractivity contribution is 0.785. The number of nitrogens with one attached hydrogen (secondary N) is 1. The summed E-state index contributed by atoms with van der Waals surface area (Å²) in [6, 6.07) is 4.28. The second kappa shape index (κ2) is 3.13. The molecule has 0 bridgehead atoms. The van der Waals surface area contributed by atoms with Crippen LogP contribution in [0, 0.1) is 6.92 Å². The van der Waals surface area contributed by atoms with Crippen molar-refractivity contribution < 1.29 is 0 Å². The van der Waals surface area contributed by atoms with Crippen LogP contribution in [0.4, 0.5) is 5.82 Å². The predicted octanol–water partition coefficient (Wildman–Crippen LogP) is 2.14. The zero-order valence-corrected chi connectivity index (χ0v) is 7.43. The summed E-state index contributed by atoms with van der Waals surface area (Å²) in [5, 5.41) is 3.35. The highest BCUT2D eigenvalue weighted by Crippen LogP contribution is 2.18. The number of pyridine rings is 1. The van der Waals surface area contributed by atoms with Gasteiger partial charge in [-0.05, 0) is 37.8 Å². The number of nitrogens with zero attached hydrogens (tertiary/aromatic N) is 1. The van der Waals surface area contributed by atoms with Crippen LogP contribution in [0.1, 0.15) is 24.1 Å². The molecule has 0 atom stereocenters. The van der Waals surface area contributed by atoms with Crippen molar-refractivity contribution in [2.45, 2.75) is 26.2 Å². The van der Waals surface area contributed by atoms with Gasteiger partial charge in [-0.3, -0.25) is 0 Å². The summed E-state index contributed by atoms with van der Waals surface area (Å²) >= 11 is 0. The molecule has 1 aliphatic rings. The van der Waals surface area contributed by atoms with Crippen LogP contribution in [0.3, 0.4) is 0 Å². The Morgan fingerprint density at radius 1 is 1.33 bits per heavy atom. The molecule has 0 amide bonds. The van der Waals surface area contributed by atoms with E-state index in [2.05, 4.69) is 22.4 Å². The van der Waals surface area contributed by atoms with Gasteiger partial charge in [-0.2, -0.15) is 0 Å². The van der Waals surface area contributed by atoms with E-state index in [1.54, 1.807) is 0 Å². The van der Waals surface area contributed by atoms with Crippen molar-refractivity contribution in [2.75, 3.05) is 11.9 Å². The molecule has 2 rings (SSSR count). The number of hydrogen-bond acceptors (Lipinski definition) is 2. The average Bonchev–Trinajstić information content (AvgIpc) is 2.28. The number of hydrogen-bond donors (Lipinski definition) is 1. The number of aromatic nitrogens is 1. The first-order valence-electron chi connectivity index (χ1n) is 4.57. The van der Waals surface area contributed by atoms with Gasteiger partial charge in [0.2, 0.25) is 0 Å². The van der Waals surface area contributed by atoms with Crippen molar-refractivity contribution in [2.24, 2.45) is 0 Å². The topological polar surface area (TPSA) is 24.9 Å². The third kappa shape index (κ3) is 1.42. The Balaban J connectivity index is 2.36. The van der Waals surface area contributed by atoms with E-state index >= 15 is 0 Å². The molecule has 0 aliphatic carbocycles. The van der Waals surface area contributed by atoms with E-state index in [9.17, 15) is 0 Å². The molecule has 0 saturated carbocycles. The minimum Gasteiger partial charge on any atom is -0.370 e. The summed E-state index contributed by atoms with van der Waals surface area (Å²) < 4.78 is 0. The molecular weight excluding hydrogens is 148 g/mol. The fourth-order valence-corrected chi connectivity index (χ4v) is 1.59. The van der Waals surface area contributed by atoms with Crippen LogP contribution in [0.15, 0.2) is 12.1 Å². The van der Waals surface area contributed by atoms with Crippen LogP contribution in [0.2, 0.25) is 0 Å². The molecule has 0 unspecified atom stereocenters. The van der Waals surface area contributed by atoms with Crippen molar-refractivity contribution in [1.29, 1.82) is 0 Å². The Bertz CT molecular complexity index is 281. The Hall–Kier alpha value is -1.05. The van der Waals surface area contributed by atoms with Gasteiger partial charge in [0.25, 0.3) is 0 Å². The van der Waals surface area contributed by atoms with Gasteiger partial charge in [0.05, 0.1) is 0 Å². The number of fused-ring (bicyclic) bond motifs is 1. The fraction of sp³-hybridized carbons (Fsp3) is 0.500. The predicted molar refractivity (Wildman–Crippen MR) is 50.4 cm³/mol. The quantitative estimate of drug-likeness (QED) is 0.632. The molecule has 2 heteroatoms. The van der Waals surface area contributed by atoms with E-state index in [0.29, 0.717) is 0 Å². The zero-order valence-electron chi connectivity index (χ0n) is 7.43. The van der Waals surface area contributed by atoms with Crippen LogP contribution in [0.5, 0.6) is 0 Å². The smallest absolute Gasteiger partial charge is 0.129 e. The SMILES string of the molecule is Cc1ccc2c(n1)NCCCC2. The molecule has 1 N–H and O–H groups in total. The lowest BCUT2D eigenvalue weighted by Crippen LogP contribution is -2.02. The van der Waals surface area contributed by atoms with Gasteiger partial charge in [0, 0.05) is 12.2 Å². The number of rotatable bonds is 0. The standard InChI is InChI=1S/C10H14N2/c1-8-5-6-9-4-2-3-7-11-10(9)12-8/h5-6H,2-4,7H2,1H3,(H,11,12). The van der Waals surface area contributed by atoms with Crippen molar-refractivity contribution >= 4 is 5.82 Å². The number of aryl methyl sites for hydroxylation is 2. The Labute approximate surface area is 73.0 Å². The third-order valence-electron chi connectivity index (χ3n) is 2.28. The van der Waals surface area contributed by atoms with Gasteiger partial charge in [-0.1, -0.05) is 6.07 Å². The van der Waals surface area contributed by atoms with Gasteiger partial charge in [-0.25, -0.2) is 4.98 Å². The summed E-state index contributed by atoms with van der Waals surface area (Å²) in [5.74, 6) is 1.10. The monoisotopic (exact) mass is 162 g/mol. The average molecular weight is 162 g/mol. The summed E-state index contributed by atoms with van der Waals surface area (Å²) in [7, 11) is 0. The second-order valence-corrected chi connectivity index (χ2v) is 3.34. The lowest BCUT2D eigenvalue weighted by Gasteiger charge is -2.06. The molecular formula is C10H14N2. The normalized spacial score (nSPS) is 16.1. The van der Waals surface area contributed by atoms with E-state index in [-0.39, 0.29) is 0 Å². The molecule has 1 aromatic heterocycles. The molecule has 0 radical (unpaired) electrons. The minimum atomic E-state index is 1.07. The maximum Gasteiger partial charge on any atom is 0.129 e. The second-order valence-electron chi connectivity index (χ2n) is 3.34. The first kappa shape index (κ1) is 7.59. The highest BCUT2D eigenvalue weighted by molar-refractivity contribution is 5.45. The Kier molecular flexibility index (Phi) is 1.98. The largest absolute Gasteiger partial charge is 0.370 e. The van der Waals surface area contributed by atoms with E-state index < -0.39 is 0 Å². The van der Waals surface area contributed by atoms with Gasteiger partial charge < -0.3 is 5.32 Å². The molecule has 1 aliphatic heterocycles. The molecule has 0 aromatic carbocycles. The number of anilines is 1. The van der Waals surface area contributed by atoms with E-state index in [1.807, 2.05) is 6.92 Å². The molecule has 64 valence electrons. The van der Waals surface area contributed by atoms with Crippen LogP contribution in [0.25, 0.3) is 0 Å². The van der Waals surface area contributed by atoms with E-state index in [0.717, 1.165) is 18.1 Å². The van der Waals surface area contributed by atoms with Crippen LogP contribution < -0.4 is 5.32 Å². The van der Waals surface area contributed by atoms with E-state index in [4.69, 9.17) is 0 Å².